The van der Waals surface area contributed by atoms with Crippen LogP contribution >= 0.6 is 0 Å². The van der Waals surface area contributed by atoms with Gasteiger partial charge in [-0.15, -0.1) is 0 Å². The van der Waals surface area contributed by atoms with Crippen molar-refractivity contribution in [3.63, 3.8) is 0 Å². The molecule has 0 saturated heterocycles. The molecule has 0 spiro atoms. The SMILES string of the molecule is C=CC(=O)OC1(CCCC)CCCCC1. The maximum Gasteiger partial charge on any atom is 0.330 e. The van der Waals surface area contributed by atoms with Crippen LogP contribution in [-0.2, 0) is 9.53 Å². The molecule has 15 heavy (non-hydrogen) atoms. The Kier molecular flexibility index (Phi) is 4.86. The van der Waals surface area contributed by atoms with E-state index >= 15 is 0 Å². The van der Waals surface area contributed by atoms with Crippen LogP contribution in [-0.4, -0.2) is 11.6 Å². The highest BCUT2D eigenvalue weighted by Gasteiger charge is 2.34. The Hall–Kier alpha value is -0.790. The summed E-state index contributed by atoms with van der Waals surface area (Å²) in [6.45, 7) is 5.64. The molecule has 1 fully saturated rings. The van der Waals surface area contributed by atoms with Crippen molar-refractivity contribution in [3.8, 4) is 0 Å². The molecule has 0 aliphatic heterocycles. The van der Waals surface area contributed by atoms with Crippen molar-refractivity contribution in [3.05, 3.63) is 12.7 Å². The largest absolute Gasteiger partial charge is 0.456 e. The number of rotatable bonds is 5. The van der Waals surface area contributed by atoms with E-state index in [1.807, 2.05) is 0 Å². The molecule has 86 valence electrons. The van der Waals surface area contributed by atoms with E-state index in [0.717, 1.165) is 32.1 Å². The molecule has 0 heterocycles. The molecule has 0 bridgehead atoms. The number of ether oxygens (including phenoxy) is 1. The minimum Gasteiger partial charge on any atom is -0.456 e. The van der Waals surface area contributed by atoms with Crippen LogP contribution in [0.1, 0.15) is 58.3 Å². The first-order chi connectivity index (χ1) is 7.22. The van der Waals surface area contributed by atoms with Gasteiger partial charge in [-0.25, -0.2) is 4.79 Å². The van der Waals surface area contributed by atoms with Gasteiger partial charge in [0.2, 0.25) is 0 Å². The standard InChI is InChI=1S/C13H22O2/c1-3-5-9-13(15-12(14)4-2)10-7-6-8-11-13/h4H,2-3,5-11H2,1H3. The smallest absolute Gasteiger partial charge is 0.330 e. The second-order valence-electron chi connectivity index (χ2n) is 4.47. The van der Waals surface area contributed by atoms with Crippen molar-refractivity contribution >= 4 is 5.97 Å². The highest BCUT2D eigenvalue weighted by molar-refractivity contribution is 5.81. The van der Waals surface area contributed by atoms with Gasteiger partial charge < -0.3 is 4.74 Å². The Morgan fingerprint density at radius 3 is 2.60 bits per heavy atom. The summed E-state index contributed by atoms with van der Waals surface area (Å²) in [5.41, 5.74) is -0.167. The zero-order chi connectivity index (χ0) is 11.1. The molecule has 1 aliphatic carbocycles. The average Bonchev–Trinajstić information content (AvgIpc) is 2.27. The summed E-state index contributed by atoms with van der Waals surface area (Å²) in [4.78, 5) is 11.3. The fraction of sp³-hybridized carbons (Fsp3) is 0.769. The molecule has 1 saturated carbocycles. The van der Waals surface area contributed by atoms with E-state index in [2.05, 4.69) is 13.5 Å². The van der Waals surface area contributed by atoms with E-state index in [9.17, 15) is 4.79 Å². The zero-order valence-electron chi connectivity index (χ0n) is 9.76. The summed E-state index contributed by atoms with van der Waals surface area (Å²) >= 11 is 0. The first-order valence-electron chi connectivity index (χ1n) is 6.08. The topological polar surface area (TPSA) is 26.3 Å². The van der Waals surface area contributed by atoms with Gasteiger partial charge in [-0.05, 0) is 38.5 Å². The van der Waals surface area contributed by atoms with Crippen molar-refractivity contribution in [1.82, 2.24) is 0 Å². The average molecular weight is 210 g/mol. The quantitative estimate of drug-likeness (QED) is 0.512. The van der Waals surface area contributed by atoms with Crippen LogP contribution in [0.3, 0.4) is 0 Å². The number of hydrogen-bond acceptors (Lipinski definition) is 2. The van der Waals surface area contributed by atoms with Crippen LogP contribution in [0.2, 0.25) is 0 Å². The lowest BCUT2D eigenvalue weighted by Crippen LogP contribution is -2.36. The maximum absolute atomic E-state index is 11.3. The van der Waals surface area contributed by atoms with Gasteiger partial charge in [0, 0.05) is 6.08 Å². The summed E-state index contributed by atoms with van der Waals surface area (Å²) in [6.07, 6.45) is 10.3. The van der Waals surface area contributed by atoms with Crippen molar-refractivity contribution in [2.24, 2.45) is 0 Å². The van der Waals surface area contributed by atoms with Gasteiger partial charge in [-0.2, -0.15) is 0 Å². The third-order valence-corrected chi connectivity index (χ3v) is 3.23. The van der Waals surface area contributed by atoms with E-state index in [-0.39, 0.29) is 11.6 Å². The van der Waals surface area contributed by atoms with Crippen molar-refractivity contribution < 1.29 is 9.53 Å². The van der Waals surface area contributed by atoms with Crippen LogP contribution in [0.15, 0.2) is 12.7 Å². The van der Waals surface area contributed by atoms with E-state index in [1.165, 1.54) is 25.3 Å². The second-order valence-corrected chi connectivity index (χ2v) is 4.47. The highest BCUT2D eigenvalue weighted by Crippen LogP contribution is 2.36. The van der Waals surface area contributed by atoms with Crippen molar-refractivity contribution in [2.45, 2.75) is 63.9 Å². The molecule has 1 aliphatic rings. The van der Waals surface area contributed by atoms with Gasteiger partial charge >= 0.3 is 5.97 Å². The number of esters is 1. The third kappa shape index (κ3) is 3.69. The van der Waals surface area contributed by atoms with E-state index in [0.29, 0.717) is 0 Å². The van der Waals surface area contributed by atoms with Crippen LogP contribution in [0, 0.1) is 0 Å². The summed E-state index contributed by atoms with van der Waals surface area (Å²) in [6, 6.07) is 0. The fourth-order valence-electron chi connectivity index (χ4n) is 2.35. The molecule has 0 N–H and O–H groups in total. The van der Waals surface area contributed by atoms with Gasteiger partial charge in [-0.3, -0.25) is 0 Å². The van der Waals surface area contributed by atoms with E-state index in [1.54, 1.807) is 0 Å². The van der Waals surface area contributed by atoms with Crippen LogP contribution in [0.25, 0.3) is 0 Å². The number of carbonyl (C=O) groups is 1. The number of carbonyl (C=O) groups excluding carboxylic acids is 1. The Balaban J connectivity index is 2.57. The highest BCUT2D eigenvalue weighted by atomic mass is 16.6. The molecule has 0 aromatic heterocycles. The number of hydrogen-bond donors (Lipinski definition) is 0. The Labute approximate surface area is 92.7 Å². The molecule has 0 amide bonds. The summed E-state index contributed by atoms with van der Waals surface area (Å²) in [5, 5.41) is 0. The van der Waals surface area contributed by atoms with Crippen LogP contribution in [0.5, 0.6) is 0 Å². The van der Waals surface area contributed by atoms with Crippen molar-refractivity contribution in [2.75, 3.05) is 0 Å². The van der Waals surface area contributed by atoms with Crippen molar-refractivity contribution in [1.29, 1.82) is 0 Å². The lowest BCUT2D eigenvalue weighted by Gasteiger charge is -2.36. The Morgan fingerprint density at radius 2 is 2.07 bits per heavy atom. The molecular weight excluding hydrogens is 188 g/mol. The first kappa shape index (κ1) is 12.3. The normalized spacial score (nSPS) is 19.5. The van der Waals surface area contributed by atoms with Gasteiger partial charge in [0.15, 0.2) is 0 Å². The van der Waals surface area contributed by atoms with Gasteiger partial charge in [0.1, 0.15) is 5.60 Å². The predicted molar refractivity (Wildman–Crippen MR) is 61.6 cm³/mol. The molecule has 0 radical (unpaired) electrons. The maximum atomic E-state index is 11.3. The third-order valence-electron chi connectivity index (χ3n) is 3.23. The zero-order valence-corrected chi connectivity index (χ0v) is 9.76. The first-order valence-corrected chi connectivity index (χ1v) is 6.08. The van der Waals surface area contributed by atoms with Crippen LogP contribution < -0.4 is 0 Å². The molecule has 0 unspecified atom stereocenters. The molecule has 0 aromatic carbocycles. The van der Waals surface area contributed by atoms with Crippen LogP contribution in [0.4, 0.5) is 0 Å². The van der Waals surface area contributed by atoms with Gasteiger partial charge in [0.05, 0.1) is 0 Å². The minimum atomic E-state index is -0.256. The molecule has 2 heteroatoms. The molecule has 0 aromatic rings. The summed E-state index contributed by atoms with van der Waals surface area (Å²) < 4.78 is 5.57. The van der Waals surface area contributed by atoms with E-state index in [4.69, 9.17) is 4.74 Å². The summed E-state index contributed by atoms with van der Waals surface area (Å²) in [5.74, 6) is -0.256. The van der Waals surface area contributed by atoms with E-state index < -0.39 is 0 Å². The molecule has 1 rings (SSSR count). The molecule has 2 nitrogen and oxygen atoms in total. The monoisotopic (exact) mass is 210 g/mol. The Morgan fingerprint density at radius 1 is 1.40 bits per heavy atom. The molecular formula is C13H22O2. The Bertz CT molecular complexity index is 215. The van der Waals surface area contributed by atoms with Gasteiger partial charge in [-0.1, -0.05) is 26.3 Å². The lowest BCUT2D eigenvalue weighted by molar-refractivity contribution is -0.158. The summed E-state index contributed by atoms with van der Waals surface area (Å²) in [7, 11) is 0. The lowest BCUT2D eigenvalue weighted by atomic mass is 9.81. The molecule has 0 atom stereocenters. The second kappa shape index (κ2) is 5.94. The number of unbranched alkanes of at least 4 members (excludes halogenated alkanes) is 1. The predicted octanol–water partition coefficient (Wildman–Crippen LogP) is 3.61. The minimum absolute atomic E-state index is 0.167. The van der Waals surface area contributed by atoms with Gasteiger partial charge in [0.25, 0.3) is 0 Å². The fourth-order valence-corrected chi connectivity index (χ4v) is 2.35.